The summed E-state index contributed by atoms with van der Waals surface area (Å²) in [6.45, 7) is 0. The molecule has 3 nitrogen and oxygen atoms in total. The third kappa shape index (κ3) is 7.13. The minimum atomic E-state index is -4.37. The van der Waals surface area contributed by atoms with Crippen molar-refractivity contribution in [3.8, 4) is 0 Å². The van der Waals surface area contributed by atoms with Crippen LogP contribution in [0.25, 0.3) is 0 Å². The third-order valence-corrected chi connectivity index (χ3v) is 5.91. The van der Waals surface area contributed by atoms with Gasteiger partial charge in [-0.15, -0.1) is 0 Å². The molecule has 1 unspecified atom stereocenters. The van der Waals surface area contributed by atoms with E-state index in [1.54, 1.807) is 0 Å². The average Bonchev–Trinajstić information content (AvgIpc) is 1.62. The molecule has 0 aliphatic heterocycles. The average molecular weight is 326 g/mol. The van der Waals surface area contributed by atoms with E-state index >= 15 is 0 Å². The fourth-order valence-corrected chi connectivity index (χ4v) is 4.62. The normalized spacial score (nSPS) is 15.6. The summed E-state index contributed by atoms with van der Waals surface area (Å²) in [5, 5.41) is 0.517. The van der Waals surface area contributed by atoms with Crippen molar-refractivity contribution >= 4 is 46.0 Å². The molecule has 0 saturated carbocycles. The molecule has 0 aliphatic carbocycles. The van der Waals surface area contributed by atoms with Gasteiger partial charge in [-0.05, 0) is 0 Å². The van der Waals surface area contributed by atoms with Gasteiger partial charge < -0.3 is 0 Å². The zero-order valence-electron chi connectivity index (χ0n) is 4.50. The summed E-state index contributed by atoms with van der Waals surface area (Å²) in [6.07, 6.45) is 0. The van der Waals surface area contributed by atoms with Crippen LogP contribution in [0, 0.1) is 0 Å². The fourth-order valence-electron chi connectivity index (χ4n) is 0.307. The fraction of sp³-hybridized carbons (Fsp3) is 1.00. The van der Waals surface area contributed by atoms with E-state index in [0.29, 0.717) is 5.33 Å². The molecule has 0 spiro atoms. The molecule has 0 aromatic rings. The number of hydrogen-bond acceptors (Lipinski definition) is 1. The van der Waals surface area contributed by atoms with Crippen molar-refractivity contribution < 1.29 is 11.9 Å². The number of hydrogen-bond donors (Lipinski definition) is 2. The Morgan fingerprint density at radius 2 is 2.00 bits per heavy atom. The summed E-state index contributed by atoms with van der Waals surface area (Å²) >= 11 is 1.81. The van der Waals surface area contributed by atoms with Crippen molar-refractivity contribution in [1.29, 1.82) is 0 Å². The van der Waals surface area contributed by atoms with Gasteiger partial charge in [0.1, 0.15) is 0 Å². The van der Waals surface area contributed by atoms with Crippen LogP contribution in [0.3, 0.4) is 0 Å². The zero-order chi connectivity index (χ0) is 7.49. The molecule has 0 rings (SSSR count). The maximum absolute atomic E-state index is 10.3. The molecular weight excluding hydrogens is 319 g/mol. The molecule has 0 fully saturated rings. The van der Waals surface area contributed by atoms with E-state index in [1.165, 1.54) is 0 Å². The Kier molecular flexibility index (Phi) is 4.76. The first-order chi connectivity index (χ1) is 3.95. The molecule has 6 heteroatoms. The van der Waals surface area contributed by atoms with Gasteiger partial charge in [0.25, 0.3) is 0 Å². The van der Waals surface area contributed by atoms with E-state index in [-0.39, 0.29) is 10.0 Å². The molecule has 0 radical (unpaired) electrons. The first-order valence-corrected chi connectivity index (χ1v) is 8.01. The number of halogens is 2. The molecule has 0 aliphatic rings. The summed E-state index contributed by atoms with van der Waals surface area (Å²) in [7, 11) is 0. The van der Waals surface area contributed by atoms with Crippen molar-refractivity contribution in [2.75, 3.05) is 5.33 Å². The Hall–Kier alpha value is 1.24. The van der Waals surface area contributed by atoms with Gasteiger partial charge in [-0.1, -0.05) is 0 Å². The Morgan fingerprint density at radius 3 is 2.11 bits per heavy atom. The molecule has 1 atom stereocenters. The van der Waals surface area contributed by atoms with Crippen LogP contribution in [0.2, 0.25) is 5.21 Å². The van der Waals surface area contributed by atoms with Crippen LogP contribution in [-0.2, 0) is 3.74 Å². The second kappa shape index (κ2) is 4.19. The number of alkyl halides is 2. The van der Waals surface area contributed by atoms with E-state index in [9.17, 15) is 3.74 Å². The monoisotopic (exact) mass is 324 g/mol. The van der Waals surface area contributed by atoms with Gasteiger partial charge >= 0.3 is 73.3 Å². The Bertz CT molecular complexity index is 122. The van der Waals surface area contributed by atoms with Crippen LogP contribution in [0.1, 0.15) is 0 Å². The Labute approximate surface area is 73.1 Å². The molecule has 0 heterocycles. The van der Waals surface area contributed by atoms with E-state index < -0.39 is 14.2 Å². The Morgan fingerprint density at radius 1 is 1.56 bits per heavy atom. The van der Waals surface area contributed by atoms with Crippen LogP contribution in [0.15, 0.2) is 0 Å². The summed E-state index contributed by atoms with van der Waals surface area (Å²) < 4.78 is 27.2. The standard InChI is InChI=1S/C3H7AsBr2O3/c5-2-3(6)1-4(7,8)9/h3H,1-2H2,(H2,7,8,9). The van der Waals surface area contributed by atoms with Gasteiger partial charge in [0.2, 0.25) is 0 Å². The van der Waals surface area contributed by atoms with E-state index in [2.05, 4.69) is 31.9 Å². The Balaban J connectivity index is 3.60. The van der Waals surface area contributed by atoms with Gasteiger partial charge in [0, 0.05) is 0 Å². The van der Waals surface area contributed by atoms with Crippen LogP contribution in [0.4, 0.5) is 0 Å². The van der Waals surface area contributed by atoms with Gasteiger partial charge in [0.05, 0.1) is 0 Å². The van der Waals surface area contributed by atoms with Gasteiger partial charge in [-0.2, -0.15) is 0 Å². The predicted molar refractivity (Wildman–Crippen MR) is 42.2 cm³/mol. The summed E-state index contributed by atoms with van der Waals surface area (Å²) in [4.78, 5) is -0.113. The van der Waals surface area contributed by atoms with Crippen LogP contribution >= 0.6 is 31.9 Å². The SMILES string of the molecule is O=[As](O)(O)CC(Br)CBr. The van der Waals surface area contributed by atoms with E-state index in [0.717, 1.165) is 0 Å². The topological polar surface area (TPSA) is 57.5 Å². The summed E-state index contributed by atoms with van der Waals surface area (Å²) in [5.41, 5.74) is 0. The van der Waals surface area contributed by atoms with Gasteiger partial charge in [0.15, 0.2) is 0 Å². The second-order valence-electron chi connectivity index (χ2n) is 1.60. The van der Waals surface area contributed by atoms with E-state index in [1.807, 2.05) is 0 Å². The van der Waals surface area contributed by atoms with Crippen molar-refractivity contribution in [2.45, 2.75) is 10.0 Å². The number of rotatable bonds is 3. The minimum absolute atomic E-state index is 0.0521. The van der Waals surface area contributed by atoms with Crippen molar-refractivity contribution in [2.24, 2.45) is 0 Å². The summed E-state index contributed by atoms with van der Waals surface area (Å²) in [5.74, 6) is 0. The van der Waals surface area contributed by atoms with Crippen LogP contribution < -0.4 is 0 Å². The predicted octanol–water partition coefficient (Wildman–Crippen LogP) is 0.499. The first-order valence-electron chi connectivity index (χ1n) is 2.20. The van der Waals surface area contributed by atoms with Crippen molar-refractivity contribution in [3.63, 3.8) is 0 Å². The molecule has 0 saturated heterocycles. The molecule has 2 N–H and O–H groups in total. The molecular formula is C3H7AsBr2O3. The molecule has 56 valence electrons. The molecule has 0 bridgehead atoms. The maximum atomic E-state index is 10.3. The van der Waals surface area contributed by atoms with Crippen molar-refractivity contribution in [3.05, 3.63) is 0 Å². The second-order valence-corrected chi connectivity index (χ2v) is 7.10. The summed E-state index contributed by atoms with van der Waals surface area (Å²) in [6, 6.07) is 0. The van der Waals surface area contributed by atoms with Crippen molar-refractivity contribution in [1.82, 2.24) is 0 Å². The van der Waals surface area contributed by atoms with Crippen LogP contribution in [0.5, 0.6) is 0 Å². The molecule has 0 aromatic heterocycles. The molecule has 0 aromatic carbocycles. The molecule has 9 heavy (non-hydrogen) atoms. The van der Waals surface area contributed by atoms with Gasteiger partial charge in [-0.3, -0.25) is 0 Å². The quantitative estimate of drug-likeness (QED) is 0.587. The van der Waals surface area contributed by atoms with E-state index in [4.69, 9.17) is 8.19 Å². The van der Waals surface area contributed by atoms with Gasteiger partial charge in [-0.25, -0.2) is 0 Å². The zero-order valence-corrected chi connectivity index (χ0v) is 9.55. The van der Waals surface area contributed by atoms with Crippen LogP contribution in [-0.4, -0.2) is 32.5 Å². The first kappa shape index (κ1) is 10.2. The third-order valence-electron chi connectivity index (χ3n) is 0.603. The molecule has 0 amide bonds.